The number of hydrogen-bond acceptors (Lipinski definition) is 11. The van der Waals surface area contributed by atoms with Gasteiger partial charge in [0.1, 0.15) is 12.1 Å². The van der Waals surface area contributed by atoms with Gasteiger partial charge in [0.25, 0.3) is 23.6 Å². The van der Waals surface area contributed by atoms with Gasteiger partial charge in [-0.25, -0.2) is 4.98 Å². The van der Waals surface area contributed by atoms with Gasteiger partial charge in [-0.1, -0.05) is 72.9 Å². The summed E-state index contributed by atoms with van der Waals surface area (Å²) in [5, 5.41) is 10.6. The number of carbonyl (C=O) groups is 7. The van der Waals surface area contributed by atoms with E-state index in [1.165, 1.54) is 11.3 Å². The first kappa shape index (κ1) is 44.7. The van der Waals surface area contributed by atoms with Gasteiger partial charge >= 0.3 is 0 Å². The van der Waals surface area contributed by atoms with Gasteiger partial charge < -0.3 is 15.1 Å². The molecule has 1 aromatic heterocycles. The molecule has 67 heavy (non-hydrogen) atoms. The molecule has 0 spiro atoms. The predicted molar refractivity (Wildman–Crippen MR) is 251 cm³/mol. The third kappa shape index (κ3) is 9.89. The van der Waals surface area contributed by atoms with Crippen LogP contribution in [0.25, 0.3) is 0 Å². The van der Waals surface area contributed by atoms with Crippen LogP contribution < -0.4 is 16.0 Å². The van der Waals surface area contributed by atoms with Crippen molar-refractivity contribution >= 4 is 63.5 Å². The van der Waals surface area contributed by atoms with E-state index in [0.29, 0.717) is 60.1 Å². The quantitative estimate of drug-likeness (QED) is 0.0722. The first-order chi connectivity index (χ1) is 32.6. The summed E-state index contributed by atoms with van der Waals surface area (Å²) in [6, 6.07) is 26.2. The topological polar surface area (TPSA) is 181 Å². The molecule has 16 heteroatoms. The van der Waals surface area contributed by atoms with Gasteiger partial charge in [-0.2, -0.15) is 0 Å². The lowest BCUT2D eigenvalue weighted by Gasteiger charge is -2.34. The second-order valence-corrected chi connectivity index (χ2v) is 17.9. The molecule has 2 saturated heterocycles. The summed E-state index contributed by atoms with van der Waals surface area (Å²) in [6.07, 6.45) is 4.54. The Balaban J connectivity index is 0.701. The van der Waals surface area contributed by atoms with Crippen molar-refractivity contribution in [2.24, 2.45) is 0 Å². The van der Waals surface area contributed by atoms with Crippen molar-refractivity contribution in [1.29, 1.82) is 0 Å². The Morgan fingerprint density at radius 1 is 0.806 bits per heavy atom. The molecule has 5 aromatic rings. The highest BCUT2D eigenvalue weighted by Gasteiger charge is 2.45. The number of thiazole rings is 1. The molecule has 4 aromatic carbocycles. The number of nitrogens with zero attached hydrogens (tertiary/aromatic N) is 5. The van der Waals surface area contributed by atoms with E-state index in [9.17, 15) is 33.6 Å². The van der Waals surface area contributed by atoms with Crippen LogP contribution >= 0.6 is 11.3 Å². The van der Waals surface area contributed by atoms with Gasteiger partial charge in [0, 0.05) is 92.6 Å². The number of carbonyl (C=O) groups excluding carboxylic acids is 7. The van der Waals surface area contributed by atoms with Crippen LogP contribution in [0.3, 0.4) is 0 Å². The van der Waals surface area contributed by atoms with Crippen LogP contribution in [-0.4, -0.2) is 105 Å². The number of fused-ring (bicyclic) bond motifs is 2. The van der Waals surface area contributed by atoms with E-state index in [0.717, 1.165) is 60.5 Å². The number of hydrogen-bond donors (Lipinski definition) is 3. The molecule has 0 saturated carbocycles. The van der Waals surface area contributed by atoms with E-state index in [4.69, 9.17) is 0 Å². The van der Waals surface area contributed by atoms with Gasteiger partial charge in [0.05, 0.1) is 11.1 Å². The number of piperidine rings is 1. The van der Waals surface area contributed by atoms with Crippen molar-refractivity contribution in [2.75, 3.05) is 43.4 Å². The number of rotatable bonds is 14. The van der Waals surface area contributed by atoms with Crippen LogP contribution in [0.5, 0.6) is 0 Å². The Morgan fingerprint density at radius 2 is 1.58 bits per heavy atom. The summed E-state index contributed by atoms with van der Waals surface area (Å²) >= 11 is 1.32. The van der Waals surface area contributed by atoms with Gasteiger partial charge in [-0.3, -0.25) is 54.0 Å². The molecule has 5 heterocycles. The minimum absolute atomic E-state index is 0.0622. The molecule has 340 valence electrons. The number of piperazine rings is 1. The van der Waals surface area contributed by atoms with E-state index < -0.39 is 35.7 Å². The van der Waals surface area contributed by atoms with Gasteiger partial charge in [-0.05, 0) is 72.4 Å². The molecule has 2 atom stereocenters. The molecule has 7 amide bonds. The summed E-state index contributed by atoms with van der Waals surface area (Å²) in [7, 11) is 0. The summed E-state index contributed by atoms with van der Waals surface area (Å²) in [5.41, 5.74) is 5.79. The monoisotopic (exact) mass is 916 g/mol. The number of unbranched alkanes of at least 4 members (excludes halogenated alkanes) is 2. The average molecular weight is 917 g/mol. The predicted octanol–water partition coefficient (Wildman–Crippen LogP) is 5.60. The minimum Gasteiger partial charge on any atom is -0.384 e. The Labute approximate surface area is 391 Å². The lowest BCUT2D eigenvalue weighted by Crippen LogP contribution is -2.54. The van der Waals surface area contributed by atoms with Crippen molar-refractivity contribution in [3.05, 3.63) is 147 Å². The molecule has 3 N–H and O–H groups in total. The normalized spacial score (nSPS) is 17.4. The van der Waals surface area contributed by atoms with Crippen LogP contribution in [0.15, 0.2) is 103 Å². The molecular weight excluding hydrogens is 869 g/mol. The average Bonchev–Trinajstić information content (AvgIpc) is 4.04. The van der Waals surface area contributed by atoms with E-state index in [1.54, 1.807) is 40.7 Å². The second-order valence-electron chi connectivity index (χ2n) is 17.0. The zero-order chi connectivity index (χ0) is 46.4. The fourth-order valence-electron chi connectivity index (χ4n) is 9.05. The third-order valence-electron chi connectivity index (χ3n) is 12.6. The molecule has 2 unspecified atom stereocenters. The van der Waals surface area contributed by atoms with E-state index in [1.807, 2.05) is 59.5 Å². The maximum absolute atomic E-state index is 13.8. The smallest absolute Gasteiger partial charge is 0.264 e. The van der Waals surface area contributed by atoms with Crippen molar-refractivity contribution < 1.29 is 33.6 Å². The van der Waals surface area contributed by atoms with Crippen LogP contribution in [0.4, 0.5) is 10.8 Å². The molecule has 0 bridgehead atoms. The van der Waals surface area contributed by atoms with Gasteiger partial charge in [-0.15, -0.1) is 11.3 Å². The Kier molecular flexibility index (Phi) is 13.3. The number of anilines is 2. The molecular formula is C51H48N8O7S. The Bertz CT molecular complexity index is 2800. The molecule has 0 radical (unpaired) electrons. The number of imide groups is 2. The van der Waals surface area contributed by atoms with Crippen LogP contribution in [0, 0.1) is 11.8 Å². The van der Waals surface area contributed by atoms with Gasteiger partial charge in [0.15, 0.2) is 5.13 Å². The Hall–Kier alpha value is -7.48. The molecule has 9 rings (SSSR count). The van der Waals surface area contributed by atoms with Crippen molar-refractivity contribution in [1.82, 2.24) is 29.9 Å². The fourth-order valence-corrected chi connectivity index (χ4v) is 9.58. The van der Waals surface area contributed by atoms with Crippen LogP contribution in [0.2, 0.25) is 0 Å². The fraction of sp³-hybridized carbons (Fsp3) is 0.294. The number of aromatic nitrogens is 1. The highest BCUT2D eigenvalue weighted by molar-refractivity contribution is 7.13. The largest absolute Gasteiger partial charge is 0.384 e. The van der Waals surface area contributed by atoms with Crippen molar-refractivity contribution in [3.63, 3.8) is 0 Å². The van der Waals surface area contributed by atoms with Crippen LogP contribution in [-0.2, 0) is 32.3 Å². The van der Waals surface area contributed by atoms with Crippen molar-refractivity contribution in [2.45, 2.75) is 63.7 Å². The summed E-state index contributed by atoms with van der Waals surface area (Å²) in [4.78, 5) is 102. The van der Waals surface area contributed by atoms with E-state index in [2.05, 4.69) is 49.8 Å². The summed E-state index contributed by atoms with van der Waals surface area (Å²) in [5.74, 6) is 3.89. The highest BCUT2D eigenvalue weighted by atomic mass is 32.1. The first-order valence-corrected chi connectivity index (χ1v) is 23.4. The number of benzene rings is 4. The highest BCUT2D eigenvalue weighted by Crippen LogP contribution is 2.34. The summed E-state index contributed by atoms with van der Waals surface area (Å²) < 4.78 is 0. The molecule has 4 aliphatic rings. The number of nitrogens with one attached hydrogen (secondary N) is 3. The van der Waals surface area contributed by atoms with Crippen molar-refractivity contribution in [3.8, 4) is 11.8 Å². The standard InChI is InChI=1S/C51H48N8O7S/c60-42-22-21-41(46(62)54-42)59-49(65)38-10-7-11-40(44(38)50(59)66)52-23-6-2-5-12-43(61)57-27-25-56(26-28-57)31-35-17-14-33(15-18-35)13-16-34-19-20-37-32-58(48(64)39(37)30-34)45(36-8-3-1-4-9-36)47(63)55-51-53-24-29-67-51/h1,3-4,7-11,14-15,17-20,24,29-30,41,45,52H,2,5-6,12,21-23,25-28,31-32H2,(H,53,55,63)(H,54,60,62). The van der Waals surface area contributed by atoms with E-state index >= 15 is 0 Å². The zero-order valence-corrected chi connectivity index (χ0v) is 37.5. The lowest BCUT2D eigenvalue weighted by atomic mass is 10.0. The molecule has 4 aliphatic heterocycles. The minimum atomic E-state index is -1.02. The molecule has 2 fully saturated rings. The zero-order valence-electron chi connectivity index (χ0n) is 36.7. The first-order valence-electron chi connectivity index (χ1n) is 22.5. The van der Waals surface area contributed by atoms with Gasteiger partial charge in [0.2, 0.25) is 17.7 Å². The third-order valence-corrected chi connectivity index (χ3v) is 13.3. The molecule has 0 aliphatic carbocycles. The maximum atomic E-state index is 13.8. The summed E-state index contributed by atoms with van der Waals surface area (Å²) in [6.45, 7) is 4.49. The van der Waals surface area contributed by atoms with E-state index in [-0.39, 0.29) is 41.7 Å². The maximum Gasteiger partial charge on any atom is 0.264 e. The second kappa shape index (κ2) is 19.9. The Morgan fingerprint density at radius 3 is 2.34 bits per heavy atom. The molecule has 15 nitrogen and oxygen atoms in total. The SMILES string of the molecule is O=C1CCC(N2C(=O)c3cccc(NCCCCCC(=O)N4CCN(Cc5ccc(C#Cc6ccc7c(c6)C(=O)N(C(C(=O)Nc6nccs6)c6ccccc6)C7)cc5)CC4)c3C2=O)C(=O)N1. The number of amides is 7. The van der Waals surface area contributed by atoms with Crippen LogP contribution in [0.1, 0.15) is 103 Å². The lowest BCUT2D eigenvalue weighted by molar-refractivity contribution is -0.136.